The van der Waals surface area contributed by atoms with Crippen LogP contribution in [0.4, 0.5) is 0 Å². The lowest BCUT2D eigenvalue weighted by molar-refractivity contribution is -0.287. The van der Waals surface area contributed by atoms with Crippen molar-refractivity contribution in [3.8, 4) is 12.3 Å². The van der Waals surface area contributed by atoms with Gasteiger partial charge in [0.1, 0.15) is 12.7 Å². The maximum absolute atomic E-state index is 11.5. The summed E-state index contributed by atoms with van der Waals surface area (Å²) in [6, 6.07) is 0. The number of hydrogen-bond acceptors (Lipinski definition) is 7. The Bertz CT molecular complexity index is 499. The highest BCUT2D eigenvalue weighted by atomic mass is 16.7. The molecule has 27 heavy (non-hydrogen) atoms. The van der Waals surface area contributed by atoms with Crippen molar-refractivity contribution >= 4 is 11.9 Å². The second-order valence-electron chi connectivity index (χ2n) is 6.76. The van der Waals surface area contributed by atoms with E-state index in [1.54, 1.807) is 0 Å². The average Bonchev–Trinajstić information content (AvgIpc) is 2.60. The summed E-state index contributed by atoms with van der Waals surface area (Å²) in [5, 5.41) is 0. The zero-order chi connectivity index (χ0) is 20.2. The van der Waals surface area contributed by atoms with E-state index in [1.807, 2.05) is 13.8 Å². The molecular weight excluding hydrogens is 352 g/mol. The van der Waals surface area contributed by atoms with Gasteiger partial charge in [-0.3, -0.25) is 9.59 Å². The fraction of sp³-hybridized carbons (Fsp3) is 0.800. The van der Waals surface area contributed by atoms with E-state index in [2.05, 4.69) is 5.92 Å². The van der Waals surface area contributed by atoms with Gasteiger partial charge in [-0.1, -0.05) is 25.7 Å². The molecule has 1 rings (SSSR count). The number of rotatable bonds is 11. The molecule has 0 radical (unpaired) electrons. The molecule has 1 aliphatic rings. The molecule has 0 aromatic carbocycles. The Kier molecular flexibility index (Phi) is 11.0. The topological polar surface area (TPSA) is 80.3 Å². The van der Waals surface area contributed by atoms with Crippen LogP contribution in [0.5, 0.6) is 0 Å². The fourth-order valence-electron chi connectivity index (χ4n) is 2.94. The molecule has 1 fully saturated rings. The summed E-state index contributed by atoms with van der Waals surface area (Å²) >= 11 is 0. The van der Waals surface area contributed by atoms with Gasteiger partial charge < -0.3 is 23.7 Å². The highest BCUT2D eigenvalue weighted by Gasteiger charge is 2.46. The Morgan fingerprint density at radius 3 is 2.15 bits per heavy atom. The van der Waals surface area contributed by atoms with Crippen LogP contribution < -0.4 is 0 Å². The molecule has 0 bridgehead atoms. The highest BCUT2D eigenvalue weighted by Crippen LogP contribution is 2.31. The predicted molar refractivity (Wildman–Crippen MR) is 98.7 cm³/mol. The van der Waals surface area contributed by atoms with Gasteiger partial charge in [-0.25, -0.2) is 0 Å². The first-order chi connectivity index (χ1) is 12.9. The van der Waals surface area contributed by atoms with Gasteiger partial charge in [0, 0.05) is 33.0 Å². The number of esters is 2. The zero-order valence-corrected chi connectivity index (χ0v) is 16.8. The number of terminal acetylenes is 1. The molecule has 2 unspecified atom stereocenters. The van der Waals surface area contributed by atoms with Crippen molar-refractivity contribution in [2.45, 2.75) is 78.0 Å². The molecule has 0 spiro atoms. The van der Waals surface area contributed by atoms with E-state index in [-0.39, 0.29) is 12.0 Å². The van der Waals surface area contributed by atoms with E-state index >= 15 is 0 Å². The summed E-state index contributed by atoms with van der Waals surface area (Å²) in [5.41, 5.74) is 0. The largest absolute Gasteiger partial charge is 0.458 e. The van der Waals surface area contributed by atoms with Gasteiger partial charge in [0.2, 0.25) is 0 Å². The molecule has 7 nitrogen and oxygen atoms in total. The summed E-state index contributed by atoms with van der Waals surface area (Å²) in [7, 11) is 0. The first-order valence-corrected chi connectivity index (χ1v) is 9.49. The standard InChI is InChI=1S/C20H32O7/c1-6-11-23-12-9-7-8-10-13-24-20-19(27-17(5)22)18(26-16(4)21)14(2)15(3)25-20/h1,14-15,18-20H,7-13H2,2-5H3/t14-,15?,18+,19?,20-/m1/s1. The minimum atomic E-state index is -0.783. The van der Waals surface area contributed by atoms with E-state index in [1.165, 1.54) is 13.8 Å². The molecule has 0 aliphatic carbocycles. The lowest BCUT2D eigenvalue weighted by Crippen LogP contribution is -2.56. The average molecular weight is 384 g/mol. The van der Waals surface area contributed by atoms with Crippen LogP contribution in [0.1, 0.15) is 53.4 Å². The summed E-state index contributed by atoms with van der Waals surface area (Å²) < 4.78 is 27.7. The van der Waals surface area contributed by atoms with E-state index in [0.717, 1.165) is 25.7 Å². The first-order valence-electron chi connectivity index (χ1n) is 9.49. The number of unbranched alkanes of at least 4 members (excludes halogenated alkanes) is 3. The van der Waals surface area contributed by atoms with Gasteiger partial charge in [0.25, 0.3) is 0 Å². The van der Waals surface area contributed by atoms with E-state index in [9.17, 15) is 9.59 Å². The third kappa shape index (κ3) is 8.74. The summed E-state index contributed by atoms with van der Waals surface area (Å²) in [6.45, 7) is 7.89. The van der Waals surface area contributed by atoms with Gasteiger partial charge in [-0.05, 0) is 19.8 Å². The maximum Gasteiger partial charge on any atom is 0.303 e. The van der Waals surface area contributed by atoms with Crippen molar-refractivity contribution in [1.29, 1.82) is 0 Å². The second-order valence-corrected chi connectivity index (χ2v) is 6.76. The minimum absolute atomic E-state index is 0.124. The Labute approximate surface area is 162 Å². The van der Waals surface area contributed by atoms with Gasteiger partial charge in [0.15, 0.2) is 12.4 Å². The Balaban J connectivity index is 2.48. The quantitative estimate of drug-likeness (QED) is 0.307. The van der Waals surface area contributed by atoms with Crippen molar-refractivity contribution in [1.82, 2.24) is 0 Å². The minimum Gasteiger partial charge on any atom is -0.458 e. The second kappa shape index (κ2) is 12.7. The molecule has 0 aromatic heterocycles. The van der Waals surface area contributed by atoms with E-state index in [4.69, 9.17) is 30.1 Å². The van der Waals surface area contributed by atoms with Crippen LogP contribution in [-0.4, -0.2) is 56.4 Å². The third-order valence-electron chi connectivity index (χ3n) is 4.45. The Morgan fingerprint density at radius 1 is 0.963 bits per heavy atom. The smallest absolute Gasteiger partial charge is 0.303 e. The first kappa shape index (κ1) is 23.4. The predicted octanol–water partition coefficient (Wildman–Crippen LogP) is 2.46. The summed E-state index contributed by atoms with van der Waals surface area (Å²) in [6.07, 6.45) is 6.54. The van der Waals surface area contributed by atoms with Crippen molar-refractivity contribution in [2.24, 2.45) is 5.92 Å². The Hall–Kier alpha value is -1.62. The SMILES string of the molecule is C#CCOCCCCCCO[C@@H]1OC(C)[C@@H](C)[C@H](OC(C)=O)C1OC(C)=O. The number of carbonyl (C=O) groups is 2. The molecule has 1 aliphatic heterocycles. The fourth-order valence-corrected chi connectivity index (χ4v) is 2.94. The molecule has 7 heteroatoms. The van der Waals surface area contributed by atoms with Crippen molar-refractivity contribution in [2.75, 3.05) is 19.8 Å². The van der Waals surface area contributed by atoms with Gasteiger partial charge in [-0.2, -0.15) is 0 Å². The molecule has 0 N–H and O–H groups in total. The molecule has 0 saturated carbocycles. The molecule has 1 saturated heterocycles. The number of ether oxygens (including phenoxy) is 5. The van der Waals surface area contributed by atoms with Crippen LogP contribution in [-0.2, 0) is 33.3 Å². The van der Waals surface area contributed by atoms with Crippen LogP contribution in [0.25, 0.3) is 0 Å². The van der Waals surface area contributed by atoms with Gasteiger partial charge >= 0.3 is 11.9 Å². The molecule has 154 valence electrons. The molecule has 0 aromatic rings. The van der Waals surface area contributed by atoms with Crippen molar-refractivity contribution in [3.63, 3.8) is 0 Å². The van der Waals surface area contributed by atoms with Crippen molar-refractivity contribution < 1.29 is 33.3 Å². The summed E-state index contributed by atoms with van der Waals surface area (Å²) in [4.78, 5) is 23.0. The van der Waals surface area contributed by atoms with E-state index < -0.39 is 30.4 Å². The molecule has 0 amide bonds. The van der Waals surface area contributed by atoms with Gasteiger partial charge in [0.05, 0.1) is 6.10 Å². The zero-order valence-electron chi connectivity index (χ0n) is 16.8. The van der Waals surface area contributed by atoms with Gasteiger partial charge in [-0.15, -0.1) is 6.42 Å². The van der Waals surface area contributed by atoms with Crippen molar-refractivity contribution in [3.05, 3.63) is 0 Å². The van der Waals surface area contributed by atoms with Crippen LogP contribution >= 0.6 is 0 Å². The summed E-state index contributed by atoms with van der Waals surface area (Å²) in [5.74, 6) is 1.41. The monoisotopic (exact) mass is 384 g/mol. The lowest BCUT2D eigenvalue weighted by Gasteiger charge is -2.43. The lowest BCUT2D eigenvalue weighted by atomic mass is 9.91. The highest BCUT2D eigenvalue weighted by molar-refractivity contribution is 5.67. The van der Waals surface area contributed by atoms with E-state index in [0.29, 0.717) is 19.8 Å². The molecule has 5 atom stereocenters. The molecular formula is C20H32O7. The maximum atomic E-state index is 11.5. The number of carbonyl (C=O) groups excluding carboxylic acids is 2. The number of hydrogen-bond donors (Lipinski definition) is 0. The Morgan fingerprint density at radius 2 is 1.56 bits per heavy atom. The van der Waals surface area contributed by atoms with Crippen LogP contribution in [0, 0.1) is 18.3 Å². The molecule has 1 heterocycles. The van der Waals surface area contributed by atoms with Crippen LogP contribution in [0.2, 0.25) is 0 Å². The third-order valence-corrected chi connectivity index (χ3v) is 4.45. The normalized spacial score (nSPS) is 27.6. The van der Waals surface area contributed by atoms with Crippen LogP contribution in [0.15, 0.2) is 0 Å². The van der Waals surface area contributed by atoms with Crippen LogP contribution in [0.3, 0.4) is 0 Å².